The Morgan fingerprint density at radius 1 is 1.26 bits per heavy atom. The van der Waals surface area contributed by atoms with Gasteiger partial charge in [0.05, 0.1) is 11.8 Å². The molecule has 4 nitrogen and oxygen atoms in total. The minimum absolute atomic E-state index is 0.0824. The fourth-order valence-corrected chi connectivity index (χ4v) is 3.86. The predicted molar refractivity (Wildman–Crippen MR) is 79.8 cm³/mol. The average molecular weight is 339 g/mol. The molecule has 98 valence electrons. The van der Waals surface area contributed by atoms with Crippen LogP contribution in [-0.4, -0.2) is 25.2 Å². The van der Waals surface area contributed by atoms with Crippen molar-refractivity contribution in [3.8, 4) is 0 Å². The number of nitrogens with zero attached hydrogens (tertiary/aromatic N) is 1. The maximum absolute atomic E-state index is 11.4. The van der Waals surface area contributed by atoms with E-state index in [1.165, 1.54) is 5.41 Å². The van der Waals surface area contributed by atoms with Crippen LogP contribution in [0.25, 0.3) is 10.8 Å². The summed E-state index contributed by atoms with van der Waals surface area (Å²) in [5.41, 5.74) is 0. The summed E-state index contributed by atoms with van der Waals surface area (Å²) in [5, 5.41) is 6.44. The molecule has 1 atom stereocenters. The first-order chi connectivity index (χ1) is 9.05. The standard InChI is InChI=1S/C13H11BrN2O2S/c14-12-3-1-2-11-10(12)4-6-15-13(11)16-9-5-7-19(17,18)8-9/h1-7,9H,8H2,(H,15,16). The molecule has 2 heterocycles. The van der Waals surface area contributed by atoms with Gasteiger partial charge in [-0.25, -0.2) is 13.4 Å². The van der Waals surface area contributed by atoms with Gasteiger partial charge >= 0.3 is 0 Å². The first-order valence-corrected chi connectivity index (χ1v) is 8.27. The maximum atomic E-state index is 11.4. The highest BCUT2D eigenvalue weighted by molar-refractivity contribution is 9.10. The van der Waals surface area contributed by atoms with Crippen molar-refractivity contribution in [3.63, 3.8) is 0 Å². The lowest BCUT2D eigenvalue weighted by Crippen LogP contribution is -2.21. The van der Waals surface area contributed by atoms with E-state index in [9.17, 15) is 8.42 Å². The third kappa shape index (κ3) is 2.50. The number of fused-ring (bicyclic) bond motifs is 1. The zero-order valence-corrected chi connectivity index (χ0v) is 12.3. The molecule has 0 fully saturated rings. The van der Waals surface area contributed by atoms with Crippen LogP contribution in [0.3, 0.4) is 0 Å². The molecule has 1 N–H and O–H groups in total. The van der Waals surface area contributed by atoms with Gasteiger partial charge in [-0.1, -0.05) is 28.1 Å². The number of hydrogen-bond donors (Lipinski definition) is 1. The predicted octanol–water partition coefficient (Wildman–Crippen LogP) is 2.72. The zero-order chi connectivity index (χ0) is 13.5. The summed E-state index contributed by atoms with van der Waals surface area (Å²) in [5.74, 6) is 0.782. The van der Waals surface area contributed by atoms with Gasteiger partial charge < -0.3 is 5.32 Å². The molecule has 1 aromatic carbocycles. The van der Waals surface area contributed by atoms with Gasteiger partial charge in [-0.05, 0) is 18.2 Å². The SMILES string of the molecule is O=S1(=O)C=CC(Nc2nccc3c(Br)cccc23)C1. The van der Waals surface area contributed by atoms with Crippen LogP contribution in [0.15, 0.2) is 46.4 Å². The molecule has 0 saturated carbocycles. The highest BCUT2D eigenvalue weighted by Crippen LogP contribution is 2.28. The second kappa shape index (κ2) is 4.61. The van der Waals surface area contributed by atoms with Gasteiger partial charge in [0, 0.05) is 26.9 Å². The summed E-state index contributed by atoms with van der Waals surface area (Å²) in [6, 6.07) is 7.56. The Kier molecular flexibility index (Phi) is 3.06. The topological polar surface area (TPSA) is 59.1 Å². The molecule has 2 aromatic rings. The lowest BCUT2D eigenvalue weighted by molar-refractivity contribution is 0.605. The number of nitrogens with one attached hydrogen (secondary N) is 1. The van der Waals surface area contributed by atoms with E-state index in [2.05, 4.69) is 26.2 Å². The van der Waals surface area contributed by atoms with Crippen LogP contribution in [0.4, 0.5) is 5.82 Å². The summed E-state index contributed by atoms with van der Waals surface area (Å²) in [6.07, 6.45) is 3.37. The zero-order valence-electron chi connectivity index (χ0n) is 9.88. The van der Waals surface area contributed by atoms with E-state index in [4.69, 9.17) is 0 Å². The van der Waals surface area contributed by atoms with Crippen molar-refractivity contribution in [1.82, 2.24) is 4.98 Å². The lowest BCUT2D eigenvalue weighted by atomic mass is 10.1. The van der Waals surface area contributed by atoms with E-state index in [-0.39, 0.29) is 11.8 Å². The highest BCUT2D eigenvalue weighted by atomic mass is 79.9. The van der Waals surface area contributed by atoms with Crippen LogP contribution in [0.1, 0.15) is 0 Å². The van der Waals surface area contributed by atoms with Gasteiger partial charge in [-0.3, -0.25) is 0 Å². The van der Waals surface area contributed by atoms with Gasteiger partial charge in [0.1, 0.15) is 5.82 Å². The molecule has 0 amide bonds. The largest absolute Gasteiger partial charge is 0.362 e. The number of halogens is 1. The summed E-state index contributed by atoms with van der Waals surface area (Å²) < 4.78 is 23.8. The van der Waals surface area contributed by atoms with Crippen molar-refractivity contribution >= 4 is 42.4 Å². The van der Waals surface area contributed by atoms with Crippen molar-refractivity contribution in [2.45, 2.75) is 6.04 Å². The van der Waals surface area contributed by atoms with Gasteiger partial charge in [-0.2, -0.15) is 0 Å². The van der Waals surface area contributed by atoms with E-state index >= 15 is 0 Å². The van der Waals surface area contributed by atoms with Crippen LogP contribution in [0.5, 0.6) is 0 Å². The van der Waals surface area contributed by atoms with Crippen molar-refractivity contribution in [1.29, 1.82) is 0 Å². The van der Waals surface area contributed by atoms with Crippen molar-refractivity contribution in [3.05, 3.63) is 46.4 Å². The van der Waals surface area contributed by atoms with E-state index in [0.29, 0.717) is 5.82 Å². The molecule has 0 radical (unpaired) electrons. The molecular formula is C13H11BrN2O2S. The number of benzene rings is 1. The van der Waals surface area contributed by atoms with E-state index in [1.807, 2.05) is 24.3 Å². The Morgan fingerprint density at radius 3 is 2.84 bits per heavy atom. The fraction of sp³-hybridized carbons (Fsp3) is 0.154. The van der Waals surface area contributed by atoms with Crippen molar-refractivity contribution in [2.75, 3.05) is 11.1 Å². The Labute approximate surface area is 119 Å². The molecule has 1 aliphatic rings. The molecule has 0 aliphatic carbocycles. The number of hydrogen-bond acceptors (Lipinski definition) is 4. The molecule has 19 heavy (non-hydrogen) atoms. The number of pyridine rings is 1. The summed E-state index contributed by atoms with van der Waals surface area (Å²) in [7, 11) is -3.06. The number of rotatable bonds is 2. The molecule has 0 saturated heterocycles. The number of aromatic nitrogens is 1. The molecular weight excluding hydrogens is 328 g/mol. The summed E-state index contributed by atoms with van der Waals surface area (Å²) in [6.45, 7) is 0. The molecule has 1 aromatic heterocycles. The summed E-state index contributed by atoms with van der Waals surface area (Å²) >= 11 is 3.50. The Morgan fingerprint density at radius 2 is 2.11 bits per heavy atom. The maximum Gasteiger partial charge on any atom is 0.173 e. The van der Waals surface area contributed by atoms with Crippen LogP contribution < -0.4 is 5.32 Å². The number of sulfone groups is 1. The Bertz CT molecular complexity index is 771. The molecule has 6 heteroatoms. The van der Waals surface area contributed by atoms with Gasteiger partial charge in [0.25, 0.3) is 0 Å². The lowest BCUT2D eigenvalue weighted by Gasteiger charge is -2.13. The molecule has 0 spiro atoms. The van der Waals surface area contributed by atoms with Gasteiger partial charge in [0.2, 0.25) is 0 Å². The minimum atomic E-state index is -3.06. The van der Waals surface area contributed by atoms with E-state index in [1.54, 1.807) is 12.3 Å². The Balaban J connectivity index is 1.98. The first-order valence-electron chi connectivity index (χ1n) is 5.76. The molecule has 1 unspecified atom stereocenters. The average Bonchev–Trinajstić information content (AvgIpc) is 2.70. The minimum Gasteiger partial charge on any atom is -0.362 e. The number of anilines is 1. The second-order valence-corrected chi connectivity index (χ2v) is 7.19. The Hall–Kier alpha value is -1.40. The van der Waals surface area contributed by atoms with E-state index in [0.717, 1.165) is 15.2 Å². The molecule has 1 aliphatic heterocycles. The van der Waals surface area contributed by atoms with E-state index < -0.39 is 9.84 Å². The smallest absolute Gasteiger partial charge is 0.173 e. The third-order valence-corrected chi connectivity index (χ3v) is 5.09. The molecule has 3 rings (SSSR count). The highest BCUT2D eigenvalue weighted by Gasteiger charge is 2.22. The van der Waals surface area contributed by atoms with Crippen LogP contribution >= 0.6 is 15.9 Å². The normalized spacial score (nSPS) is 20.8. The van der Waals surface area contributed by atoms with Crippen LogP contribution in [0.2, 0.25) is 0 Å². The van der Waals surface area contributed by atoms with Gasteiger partial charge in [-0.15, -0.1) is 0 Å². The van der Waals surface area contributed by atoms with Crippen molar-refractivity contribution in [2.24, 2.45) is 0 Å². The quantitative estimate of drug-likeness (QED) is 0.914. The first kappa shape index (κ1) is 12.6. The van der Waals surface area contributed by atoms with Crippen LogP contribution in [-0.2, 0) is 9.84 Å². The van der Waals surface area contributed by atoms with Crippen molar-refractivity contribution < 1.29 is 8.42 Å². The van der Waals surface area contributed by atoms with Crippen LogP contribution in [0, 0.1) is 0 Å². The summed E-state index contributed by atoms with van der Waals surface area (Å²) in [4.78, 5) is 4.30. The monoisotopic (exact) mass is 338 g/mol. The van der Waals surface area contributed by atoms with Gasteiger partial charge in [0.15, 0.2) is 9.84 Å². The second-order valence-electron chi connectivity index (χ2n) is 4.40. The fourth-order valence-electron chi connectivity index (χ4n) is 2.13. The molecule has 0 bridgehead atoms. The third-order valence-electron chi connectivity index (χ3n) is 3.01.